The van der Waals surface area contributed by atoms with Crippen LogP contribution in [0, 0.1) is 5.41 Å². The molecule has 26 heavy (non-hydrogen) atoms. The zero-order valence-corrected chi connectivity index (χ0v) is 15.6. The van der Waals surface area contributed by atoms with E-state index in [1.807, 2.05) is 6.20 Å². The lowest BCUT2D eigenvalue weighted by Crippen LogP contribution is -2.40. The minimum absolute atomic E-state index is 0.0269. The number of piperidine rings is 2. The molecule has 6 heteroatoms. The first kappa shape index (κ1) is 17.7. The zero-order valence-electron chi connectivity index (χ0n) is 15.6. The van der Waals surface area contributed by atoms with Gasteiger partial charge in [-0.2, -0.15) is 0 Å². The molecule has 1 N–H and O–H groups in total. The van der Waals surface area contributed by atoms with Gasteiger partial charge in [0, 0.05) is 32.3 Å². The Morgan fingerprint density at radius 1 is 1.23 bits per heavy atom. The molecule has 1 aromatic heterocycles. The number of nitrogens with one attached hydrogen (secondary N) is 1. The number of carbonyl (C=O) groups excluding carboxylic acids is 1. The molecule has 142 valence electrons. The largest absolute Gasteiger partial charge is 0.461 e. The highest BCUT2D eigenvalue weighted by molar-refractivity contribution is 5.79. The van der Waals surface area contributed by atoms with Gasteiger partial charge >= 0.3 is 5.97 Å². The summed E-state index contributed by atoms with van der Waals surface area (Å²) in [6.45, 7) is 4.70. The third-order valence-electron chi connectivity index (χ3n) is 6.53. The molecule has 1 unspecified atom stereocenters. The summed E-state index contributed by atoms with van der Waals surface area (Å²) >= 11 is 0. The monoisotopic (exact) mass is 359 g/mol. The number of cyclic esters (lactones) is 1. The lowest BCUT2D eigenvalue weighted by molar-refractivity contribution is -0.150. The van der Waals surface area contributed by atoms with Crippen molar-refractivity contribution in [3.8, 4) is 0 Å². The number of likely N-dealkylation sites (tertiary alicyclic amines) is 1. The van der Waals surface area contributed by atoms with Crippen molar-refractivity contribution in [2.45, 2.75) is 44.1 Å². The lowest BCUT2D eigenvalue weighted by Gasteiger charge is -2.33. The average molecular weight is 359 g/mol. The summed E-state index contributed by atoms with van der Waals surface area (Å²) in [5.74, 6) is 0.487. The summed E-state index contributed by atoms with van der Waals surface area (Å²) in [7, 11) is 1.78. The van der Waals surface area contributed by atoms with Gasteiger partial charge in [-0.25, -0.2) is 0 Å². The number of nitrogens with zero attached hydrogens (tertiary/aromatic N) is 2. The van der Waals surface area contributed by atoms with E-state index in [-0.39, 0.29) is 23.0 Å². The first-order valence-corrected chi connectivity index (χ1v) is 9.86. The summed E-state index contributed by atoms with van der Waals surface area (Å²) in [6.07, 6.45) is 6.72. The van der Waals surface area contributed by atoms with Crippen molar-refractivity contribution in [1.29, 1.82) is 0 Å². The zero-order chi connectivity index (χ0) is 18.1. The smallest absolute Gasteiger partial charge is 0.312 e. The molecule has 1 atom stereocenters. The van der Waals surface area contributed by atoms with E-state index in [4.69, 9.17) is 4.74 Å². The number of rotatable bonds is 3. The normalized spacial score (nSPS) is 27.0. The van der Waals surface area contributed by atoms with Gasteiger partial charge in [0.1, 0.15) is 6.10 Å². The second-order valence-corrected chi connectivity index (χ2v) is 8.25. The van der Waals surface area contributed by atoms with E-state index in [0.29, 0.717) is 5.92 Å². The van der Waals surface area contributed by atoms with E-state index in [1.165, 1.54) is 0 Å². The number of hydrogen-bond acceptors (Lipinski definition) is 5. The highest BCUT2D eigenvalue weighted by Gasteiger charge is 2.49. The third kappa shape index (κ3) is 3.45. The summed E-state index contributed by atoms with van der Waals surface area (Å²) in [5.41, 5.74) is 1.00. The first-order chi connectivity index (χ1) is 12.6. The van der Waals surface area contributed by atoms with Crippen LogP contribution in [-0.2, 0) is 16.6 Å². The van der Waals surface area contributed by atoms with E-state index < -0.39 is 0 Å². The van der Waals surface area contributed by atoms with Crippen molar-refractivity contribution < 1.29 is 9.53 Å². The van der Waals surface area contributed by atoms with Crippen molar-refractivity contribution in [2.24, 2.45) is 12.5 Å². The molecule has 0 amide bonds. The van der Waals surface area contributed by atoms with Gasteiger partial charge in [-0.15, -0.1) is 0 Å². The summed E-state index contributed by atoms with van der Waals surface area (Å²) in [5, 5.41) is 3.34. The van der Waals surface area contributed by atoms with Gasteiger partial charge in [0.15, 0.2) is 0 Å². The van der Waals surface area contributed by atoms with Crippen LogP contribution in [0.2, 0.25) is 0 Å². The molecule has 3 saturated heterocycles. The Balaban J connectivity index is 1.31. The van der Waals surface area contributed by atoms with Gasteiger partial charge in [-0.3, -0.25) is 14.5 Å². The van der Waals surface area contributed by atoms with Crippen LogP contribution >= 0.6 is 0 Å². The predicted molar refractivity (Wildman–Crippen MR) is 99.1 cm³/mol. The van der Waals surface area contributed by atoms with E-state index >= 15 is 0 Å². The molecule has 0 saturated carbocycles. The second-order valence-electron chi connectivity index (χ2n) is 8.25. The number of ether oxygens (including phenoxy) is 1. The summed E-state index contributed by atoms with van der Waals surface area (Å²) < 4.78 is 7.36. The molecule has 0 radical (unpaired) electrons. The SMILES string of the molecule is Cn1ccc(C2CCN(CC3CC4(CCNCC4)C(=O)O3)CC2)cc1=O. The van der Waals surface area contributed by atoms with E-state index in [1.54, 1.807) is 17.7 Å². The molecular weight excluding hydrogens is 330 g/mol. The molecular formula is C20H29N3O3. The van der Waals surface area contributed by atoms with Crippen LogP contribution < -0.4 is 10.9 Å². The summed E-state index contributed by atoms with van der Waals surface area (Å²) in [4.78, 5) is 26.7. The Morgan fingerprint density at radius 2 is 1.96 bits per heavy atom. The van der Waals surface area contributed by atoms with Crippen LogP contribution in [0.3, 0.4) is 0 Å². The van der Waals surface area contributed by atoms with Gasteiger partial charge in [-0.1, -0.05) is 0 Å². The molecule has 1 aromatic rings. The van der Waals surface area contributed by atoms with Crippen molar-refractivity contribution >= 4 is 5.97 Å². The Hall–Kier alpha value is -1.66. The van der Waals surface area contributed by atoms with Gasteiger partial charge in [0.05, 0.1) is 5.41 Å². The van der Waals surface area contributed by atoms with Crippen LogP contribution in [0.4, 0.5) is 0 Å². The number of carbonyl (C=O) groups is 1. The standard InChI is InChI=1S/C20H29N3O3/c1-22-9-2-16(12-18(22)24)15-3-10-23(11-4-15)14-17-13-20(19(25)26-17)5-7-21-8-6-20/h2,9,12,15,17,21H,3-8,10-11,13-14H2,1H3. The van der Waals surface area contributed by atoms with Crippen molar-refractivity contribution in [2.75, 3.05) is 32.7 Å². The molecule has 3 aliphatic rings. The van der Waals surface area contributed by atoms with Gasteiger partial charge < -0.3 is 14.6 Å². The Morgan fingerprint density at radius 3 is 2.65 bits per heavy atom. The number of esters is 1. The quantitative estimate of drug-likeness (QED) is 0.823. The minimum atomic E-state index is -0.224. The molecule has 0 aliphatic carbocycles. The van der Waals surface area contributed by atoms with Crippen LogP contribution in [0.5, 0.6) is 0 Å². The molecule has 0 aromatic carbocycles. The Labute approximate surface area is 154 Å². The molecule has 4 heterocycles. The van der Waals surface area contributed by atoms with Crippen molar-refractivity contribution in [3.63, 3.8) is 0 Å². The first-order valence-electron chi connectivity index (χ1n) is 9.86. The van der Waals surface area contributed by atoms with Crippen LogP contribution in [0.25, 0.3) is 0 Å². The maximum absolute atomic E-state index is 12.4. The van der Waals surface area contributed by atoms with Gasteiger partial charge in [0.2, 0.25) is 0 Å². The second kappa shape index (κ2) is 7.16. The fraction of sp³-hybridized carbons (Fsp3) is 0.700. The fourth-order valence-electron chi connectivity index (χ4n) is 4.81. The number of aryl methyl sites for hydroxylation is 1. The molecule has 3 aliphatic heterocycles. The molecule has 1 spiro atoms. The molecule has 4 rings (SSSR count). The van der Waals surface area contributed by atoms with Crippen molar-refractivity contribution in [1.82, 2.24) is 14.8 Å². The Kier molecular flexibility index (Phi) is 4.88. The minimum Gasteiger partial charge on any atom is -0.461 e. The average Bonchev–Trinajstić information content (AvgIpc) is 2.93. The van der Waals surface area contributed by atoms with Crippen LogP contribution in [0.1, 0.15) is 43.6 Å². The van der Waals surface area contributed by atoms with Gasteiger partial charge in [-0.05, 0) is 69.4 Å². The maximum atomic E-state index is 12.4. The third-order valence-corrected chi connectivity index (χ3v) is 6.53. The molecule has 0 bridgehead atoms. The number of aromatic nitrogens is 1. The lowest BCUT2D eigenvalue weighted by atomic mass is 9.76. The van der Waals surface area contributed by atoms with Crippen LogP contribution in [0.15, 0.2) is 23.1 Å². The summed E-state index contributed by atoms with van der Waals surface area (Å²) in [6, 6.07) is 3.85. The van der Waals surface area contributed by atoms with E-state index in [0.717, 1.165) is 70.4 Å². The van der Waals surface area contributed by atoms with E-state index in [2.05, 4.69) is 16.3 Å². The number of hydrogen-bond donors (Lipinski definition) is 1. The predicted octanol–water partition coefficient (Wildman–Crippen LogP) is 1.25. The highest BCUT2D eigenvalue weighted by Crippen LogP contribution is 2.42. The van der Waals surface area contributed by atoms with Crippen molar-refractivity contribution in [3.05, 3.63) is 34.2 Å². The fourth-order valence-corrected chi connectivity index (χ4v) is 4.81. The van der Waals surface area contributed by atoms with Crippen LogP contribution in [-0.4, -0.2) is 54.3 Å². The van der Waals surface area contributed by atoms with Gasteiger partial charge in [0.25, 0.3) is 5.56 Å². The molecule has 6 nitrogen and oxygen atoms in total. The topological polar surface area (TPSA) is 63.6 Å². The molecule has 3 fully saturated rings. The van der Waals surface area contributed by atoms with E-state index in [9.17, 15) is 9.59 Å². The number of pyridine rings is 1. The Bertz CT molecular complexity index is 715. The maximum Gasteiger partial charge on any atom is 0.312 e. The highest BCUT2D eigenvalue weighted by atomic mass is 16.6.